The van der Waals surface area contributed by atoms with Crippen molar-refractivity contribution in [2.75, 3.05) is 6.54 Å². The van der Waals surface area contributed by atoms with Gasteiger partial charge in [-0.1, -0.05) is 24.6 Å². The number of rotatable bonds is 6. The Morgan fingerprint density at radius 3 is 2.40 bits per heavy atom. The molecule has 2 unspecified atom stereocenters. The van der Waals surface area contributed by atoms with Crippen molar-refractivity contribution in [3.05, 3.63) is 30.3 Å². The van der Waals surface area contributed by atoms with E-state index in [1.54, 1.807) is 18.2 Å². The number of hydrogen-bond acceptors (Lipinski definition) is 4. The Hall–Kier alpha value is -1.44. The molecule has 6 nitrogen and oxygen atoms in total. The topological polar surface area (TPSA) is 101 Å². The second kappa shape index (κ2) is 7.85. The molecule has 0 heterocycles. The maximum absolute atomic E-state index is 12.3. The Morgan fingerprint density at radius 1 is 1.12 bits per heavy atom. The number of nitrogens with two attached hydrogens (primary N) is 1. The van der Waals surface area contributed by atoms with Crippen LogP contribution in [0.4, 0.5) is 0 Å². The first-order valence-electron chi connectivity index (χ1n) is 9.05. The van der Waals surface area contributed by atoms with Crippen molar-refractivity contribution in [2.24, 2.45) is 17.6 Å². The van der Waals surface area contributed by atoms with Crippen LogP contribution in [0.5, 0.6) is 0 Å². The third-order valence-corrected chi connectivity index (χ3v) is 6.88. The molecule has 2 aliphatic carbocycles. The summed E-state index contributed by atoms with van der Waals surface area (Å²) in [6.07, 6.45) is 5.55. The summed E-state index contributed by atoms with van der Waals surface area (Å²) in [5, 5.41) is 3.14. The minimum absolute atomic E-state index is 0.0897. The maximum atomic E-state index is 12.3. The zero-order valence-corrected chi connectivity index (χ0v) is 15.2. The van der Waals surface area contributed by atoms with Gasteiger partial charge in [0, 0.05) is 25.0 Å². The van der Waals surface area contributed by atoms with Crippen LogP contribution in [0.1, 0.15) is 38.5 Å². The Bertz CT molecular complexity index is 679. The molecular weight excluding hydrogens is 338 g/mol. The fourth-order valence-corrected chi connectivity index (χ4v) is 5.32. The van der Waals surface area contributed by atoms with Gasteiger partial charge in [-0.25, -0.2) is 13.1 Å². The number of benzene rings is 1. The summed E-state index contributed by atoms with van der Waals surface area (Å²) in [7, 11) is -3.56. The third kappa shape index (κ3) is 4.59. The molecule has 0 saturated heterocycles. The zero-order valence-electron chi connectivity index (χ0n) is 14.4. The van der Waals surface area contributed by atoms with Crippen molar-refractivity contribution in [1.82, 2.24) is 10.0 Å². The normalized spacial score (nSPS) is 29.2. The molecule has 1 aromatic carbocycles. The molecular formula is C18H27N3O3S. The summed E-state index contributed by atoms with van der Waals surface area (Å²) in [6, 6.07) is 8.64. The molecule has 0 aromatic heterocycles. The van der Waals surface area contributed by atoms with Gasteiger partial charge in [0.1, 0.15) is 0 Å². The quantitative estimate of drug-likeness (QED) is 0.709. The van der Waals surface area contributed by atoms with Crippen LogP contribution < -0.4 is 15.8 Å². The number of sulfonamides is 1. The molecule has 0 aliphatic heterocycles. The van der Waals surface area contributed by atoms with E-state index in [-0.39, 0.29) is 35.9 Å². The Balaban J connectivity index is 1.49. The molecule has 0 radical (unpaired) electrons. The van der Waals surface area contributed by atoms with Crippen molar-refractivity contribution >= 4 is 15.9 Å². The highest BCUT2D eigenvalue weighted by molar-refractivity contribution is 7.89. The molecule has 0 spiro atoms. The van der Waals surface area contributed by atoms with E-state index in [2.05, 4.69) is 10.0 Å². The monoisotopic (exact) mass is 365 g/mol. The molecule has 2 fully saturated rings. The lowest BCUT2D eigenvalue weighted by Gasteiger charge is -2.45. The summed E-state index contributed by atoms with van der Waals surface area (Å²) in [5.74, 6) is 0.841. The van der Waals surface area contributed by atoms with Crippen LogP contribution in [0.25, 0.3) is 0 Å². The van der Waals surface area contributed by atoms with Crippen molar-refractivity contribution in [1.29, 1.82) is 0 Å². The first kappa shape index (κ1) is 18.4. The van der Waals surface area contributed by atoms with Gasteiger partial charge >= 0.3 is 0 Å². The lowest BCUT2D eigenvalue weighted by Crippen LogP contribution is -2.54. The molecule has 2 bridgehead atoms. The van der Waals surface area contributed by atoms with Gasteiger partial charge in [0.05, 0.1) is 4.90 Å². The van der Waals surface area contributed by atoms with Crippen LogP contribution in [0.15, 0.2) is 35.2 Å². The Labute approximate surface area is 149 Å². The smallest absolute Gasteiger partial charge is 0.240 e. The van der Waals surface area contributed by atoms with E-state index >= 15 is 0 Å². The van der Waals surface area contributed by atoms with Gasteiger partial charge in [0.2, 0.25) is 15.9 Å². The van der Waals surface area contributed by atoms with Crippen LogP contribution in [0.3, 0.4) is 0 Å². The predicted molar refractivity (Wildman–Crippen MR) is 96.2 cm³/mol. The van der Waals surface area contributed by atoms with E-state index < -0.39 is 10.0 Å². The van der Waals surface area contributed by atoms with Crippen molar-refractivity contribution in [2.45, 2.75) is 55.5 Å². The molecule has 2 saturated carbocycles. The average Bonchev–Trinajstić information content (AvgIpc) is 2.56. The third-order valence-electron chi connectivity index (χ3n) is 5.40. The minimum atomic E-state index is -3.56. The molecule has 4 N–H and O–H groups in total. The average molecular weight is 365 g/mol. The first-order chi connectivity index (χ1) is 12.0. The molecule has 7 heteroatoms. The standard InChI is InChI=1S/C18H27N3O3S/c19-15-11-13-5-4-6-14(12-15)18(13)21-17(22)9-10-20-25(23,24)16-7-2-1-3-8-16/h1-3,7-8,13-15,18,20H,4-6,9-12,19H2,(H,21,22). The number of fused-ring (bicyclic) bond motifs is 2. The van der Waals surface area contributed by atoms with Crippen LogP contribution >= 0.6 is 0 Å². The number of amides is 1. The highest BCUT2D eigenvalue weighted by Gasteiger charge is 2.39. The first-order valence-corrected chi connectivity index (χ1v) is 10.5. The van der Waals surface area contributed by atoms with Crippen molar-refractivity contribution in [3.8, 4) is 0 Å². The SMILES string of the molecule is NC1CC2CCCC(C1)C2NC(=O)CCNS(=O)(=O)c1ccccc1. The van der Waals surface area contributed by atoms with Gasteiger partial charge in [0.25, 0.3) is 0 Å². The van der Waals surface area contributed by atoms with Gasteiger partial charge in [-0.05, 0) is 49.7 Å². The van der Waals surface area contributed by atoms with Crippen molar-refractivity contribution < 1.29 is 13.2 Å². The largest absolute Gasteiger partial charge is 0.353 e. The predicted octanol–water partition coefficient (Wildman–Crippen LogP) is 1.38. The van der Waals surface area contributed by atoms with E-state index in [0.29, 0.717) is 11.8 Å². The lowest BCUT2D eigenvalue weighted by atomic mass is 9.67. The number of hydrogen-bond donors (Lipinski definition) is 3. The van der Waals surface area contributed by atoms with Crippen LogP contribution in [0, 0.1) is 11.8 Å². The zero-order chi connectivity index (χ0) is 17.9. The summed E-state index contributed by atoms with van der Waals surface area (Å²) >= 11 is 0. The van der Waals surface area contributed by atoms with Crippen LogP contribution in [-0.2, 0) is 14.8 Å². The molecule has 138 valence electrons. The molecule has 3 rings (SSSR count). The summed E-state index contributed by atoms with van der Waals surface area (Å²) in [4.78, 5) is 12.5. The van der Waals surface area contributed by atoms with E-state index in [4.69, 9.17) is 5.73 Å². The van der Waals surface area contributed by atoms with E-state index in [1.165, 1.54) is 18.6 Å². The molecule has 2 aliphatic rings. The number of carbonyl (C=O) groups excluding carboxylic acids is 1. The summed E-state index contributed by atoms with van der Waals surface area (Å²) < 4.78 is 26.8. The number of carbonyl (C=O) groups is 1. The van der Waals surface area contributed by atoms with Crippen LogP contribution in [0.2, 0.25) is 0 Å². The van der Waals surface area contributed by atoms with Crippen molar-refractivity contribution in [3.63, 3.8) is 0 Å². The Kier molecular flexibility index (Phi) is 5.76. The van der Waals surface area contributed by atoms with E-state index in [1.807, 2.05) is 0 Å². The minimum Gasteiger partial charge on any atom is -0.353 e. The lowest BCUT2D eigenvalue weighted by molar-refractivity contribution is -0.123. The molecule has 1 aromatic rings. The summed E-state index contributed by atoms with van der Waals surface area (Å²) in [6.45, 7) is 0.102. The highest BCUT2D eigenvalue weighted by atomic mass is 32.2. The van der Waals surface area contributed by atoms with Gasteiger partial charge in [-0.15, -0.1) is 0 Å². The number of nitrogens with one attached hydrogen (secondary N) is 2. The molecule has 1 amide bonds. The molecule has 25 heavy (non-hydrogen) atoms. The highest BCUT2D eigenvalue weighted by Crippen LogP contribution is 2.39. The van der Waals surface area contributed by atoms with Gasteiger partial charge in [-0.2, -0.15) is 0 Å². The van der Waals surface area contributed by atoms with Gasteiger partial charge in [-0.3, -0.25) is 4.79 Å². The van der Waals surface area contributed by atoms with Gasteiger partial charge in [0.15, 0.2) is 0 Å². The fourth-order valence-electron chi connectivity index (χ4n) is 4.26. The van der Waals surface area contributed by atoms with Crippen LogP contribution in [-0.4, -0.2) is 33.0 Å². The van der Waals surface area contributed by atoms with E-state index in [9.17, 15) is 13.2 Å². The van der Waals surface area contributed by atoms with E-state index in [0.717, 1.165) is 25.7 Å². The second-order valence-corrected chi connectivity index (χ2v) is 9.00. The summed E-state index contributed by atoms with van der Waals surface area (Å²) in [5.41, 5.74) is 6.11. The maximum Gasteiger partial charge on any atom is 0.240 e. The Morgan fingerprint density at radius 2 is 1.76 bits per heavy atom. The van der Waals surface area contributed by atoms with Gasteiger partial charge < -0.3 is 11.1 Å². The second-order valence-electron chi connectivity index (χ2n) is 7.24. The molecule has 2 atom stereocenters. The fraction of sp³-hybridized carbons (Fsp3) is 0.611.